The van der Waals surface area contributed by atoms with Gasteiger partial charge in [0.1, 0.15) is 11.2 Å². The summed E-state index contributed by atoms with van der Waals surface area (Å²) in [6.07, 6.45) is 1.06. The minimum atomic E-state index is 0.0888. The van der Waals surface area contributed by atoms with E-state index in [9.17, 15) is 0 Å². The molecular weight excluding hydrogens is 701 g/mol. The normalized spacial score (nSPS) is 12.1. The van der Waals surface area contributed by atoms with Crippen LogP contribution in [0.15, 0.2) is 168 Å². The number of para-hydroxylation sites is 1. The predicted octanol–water partition coefficient (Wildman–Crippen LogP) is 16.2. The predicted molar refractivity (Wildman–Crippen MR) is 251 cm³/mol. The fourth-order valence-electron chi connectivity index (χ4n) is 8.31. The lowest BCUT2D eigenvalue weighted by Crippen LogP contribution is -2.15. The Kier molecular flexibility index (Phi) is 11.8. The number of aryl methyl sites for hydroxylation is 7. The van der Waals surface area contributed by atoms with Crippen LogP contribution in [-0.4, -0.2) is 0 Å². The fourth-order valence-corrected chi connectivity index (χ4v) is 8.31. The summed E-state index contributed by atoms with van der Waals surface area (Å²) < 4.78 is 5.75. The third-order valence-electron chi connectivity index (χ3n) is 11.7. The quantitative estimate of drug-likeness (QED) is 0.171. The first kappa shape index (κ1) is 40.0. The molecule has 1 aliphatic rings. The molecule has 10 rings (SSSR count). The summed E-state index contributed by atoms with van der Waals surface area (Å²) in [6, 6.07) is 58.1. The van der Waals surface area contributed by atoms with Crippen molar-refractivity contribution in [3.05, 3.63) is 214 Å². The van der Waals surface area contributed by atoms with Gasteiger partial charge in [-0.05, 0) is 133 Å². The van der Waals surface area contributed by atoms with Crippen LogP contribution in [0.1, 0.15) is 70.8 Å². The van der Waals surface area contributed by atoms with Crippen LogP contribution < -0.4 is 0 Å². The zero-order valence-corrected chi connectivity index (χ0v) is 35.7. The highest BCUT2D eigenvalue weighted by atomic mass is 16.3. The van der Waals surface area contributed by atoms with Crippen LogP contribution >= 0.6 is 0 Å². The molecular formula is C57H56O. The summed E-state index contributed by atoms with van der Waals surface area (Å²) in [5.41, 5.74) is 19.9. The lowest BCUT2D eigenvalue weighted by molar-refractivity contribution is 0.659. The zero-order valence-electron chi connectivity index (χ0n) is 35.7. The SMILES string of the molecule is CCc1ccc2oc3ccccc3c2c1.Cc1ccc(C)c(-c2ccccc2C)c1.Cc1ccc2c(c1)C(C)(C)c1cc(C)c3ccccc3c1-2.Cc1ccccc1. The molecule has 8 aromatic carbocycles. The van der Waals surface area contributed by atoms with E-state index in [0.29, 0.717) is 0 Å². The third-order valence-corrected chi connectivity index (χ3v) is 11.7. The van der Waals surface area contributed by atoms with Gasteiger partial charge < -0.3 is 4.42 Å². The van der Waals surface area contributed by atoms with Gasteiger partial charge in [0.05, 0.1) is 0 Å². The van der Waals surface area contributed by atoms with Crippen LogP contribution in [0.4, 0.5) is 0 Å². The maximum absolute atomic E-state index is 5.75. The molecule has 0 fully saturated rings. The molecule has 1 heteroatoms. The molecule has 1 aromatic heterocycles. The maximum Gasteiger partial charge on any atom is 0.135 e. The summed E-state index contributed by atoms with van der Waals surface area (Å²) >= 11 is 0. The lowest BCUT2D eigenvalue weighted by atomic mass is 9.81. The number of benzene rings is 8. The Balaban J connectivity index is 0.000000124. The van der Waals surface area contributed by atoms with Crippen molar-refractivity contribution in [1.82, 2.24) is 0 Å². The summed E-state index contributed by atoms with van der Waals surface area (Å²) in [5, 5.41) is 5.21. The highest BCUT2D eigenvalue weighted by Crippen LogP contribution is 2.52. The number of hydrogen-bond acceptors (Lipinski definition) is 1. The van der Waals surface area contributed by atoms with Crippen molar-refractivity contribution in [2.75, 3.05) is 0 Å². The first-order chi connectivity index (χ1) is 28.0. The number of fused-ring (bicyclic) bond motifs is 8. The molecule has 0 saturated carbocycles. The second-order valence-electron chi connectivity index (χ2n) is 16.4. The maximum atomic E-state index is 5.75. The van der Waals surface area contributed by atoms with E-state index in [2.05, 4.69) is 196 Å². The molecule has 0 spiro atoms. The molecule has 0 atom stereocenters. The Morgan fingerprint density at radius 3 is 1.71 bits per heavy atom. The average Bonchev–Trinajstić information content (AvgIpc) is 3.71. The first-order valence-corrected chi connectivity index (χ1v) is 20.7. The largest absolute Gasteiger partial charge is 0.456 e. The number of rotatable bonds is 2. The van der Waals surface area contributed by atoms with Crippen LogP contribution in [0.5, 0.6) is 0 Å². The van der Waals surface area contributed by atoms with Gasteiger partial charge in [0.25, 0.3) is 0 Å². The summed E-state index contributed by atoms with van der Waals surface area (Å²) in [7, 11) is 0. The minimum Gasteiger partial charge on any atom is -0.456 e. The van der Waals surface area contributed by atoms with Crippen molar-refractivity contribution in [2.45, 2.75) is 74.1 Å². The zero-order chi connectivity index (χ0) is 41.0. The summed E-state index contributed by atoms with van der Waals surface area (Å²) in [5.74, 6) is 0. The van der Waals surface area contributed by atoms with E-state index in [-0.39, 0.29) is 5.41 Å². The molecule has 0 aliphatic heterocycles. The molecule has 1 heterocycles. The Labute approximate surface area is 346 Å². The van der Waals surface area contributed by atoms with E-state index < -0.39 is 0 Å². The molecule has 58 heavy (non-hydrogen) atoms. The molecule has 0 unspecified atom stereocenters. The average molecular weight is 757 g/mol. The van der Waals surface area contributed by atoms with Crippen molar-refractivity contribution in [3.8, 4) is 22.3 Å². The van der Waals surface area contributed by atoms with Crippen LogP contribution in [0, 0.1) is 41.5 Å². The van der Waals surface area contributed by atoms with Gasteiger partial charge in [-0.15, -0.1) is 0 Å². The van der Waals surface area contributed by atoms with E-state index >= 15 is 0 Å². The fraction of sp³-hybridized carbons (Fsp3) is 0.193. The van der Waals surface area contributed by atoms with Crippen LogP contribution in [-0.2, 0) is 11.8 Å². The highest BCUT2D eigenvalue weighted by Gasteiger charge is 2.36. The minimum absolute atomic E-state index is 0.0888. The Morgan fingerprint density at radius 2 is 1.00 bits per heavy atom. The monoisotopic (exact) mass is 756 g/mol. The van der Waals surface area contributed by atoms with E-state index in [0.717, 1.165) is 17.6 Å². The first-order valence-electron chi connectivity index (χ1n) is 20.7. The van der Waals surface area contributed by atoms with Crippen molar-refractivity contribution >= 4 is 32.7 Å². The molecule has 0 radical (unpaired) electrons. The molecule has 1 aliphatic carbocycles. The van der Waals surface area contributed by atoms with E-state index in [1.54, 1.807) is 0 Å². The van der Waals surface area contributed by atoms with E-state index in [4.69, 9.17) is 4.42 Å². The van der Waals surface area contributed by atoms with Gasteiger partial charge in [-0.1, -0.05) is 183 Å². The molecule has 1 nitrogen and oxygen atoms in total. The molecule has 0 amide bonds. The Bertz CT molecular complexity index is 2850. The number of hydrogen-bond donors (Lipinski definition) is 0. The van der Waals surface area contributed by atoms with Crippen molar-refractivity contribution in [1.29, 1.82) is 0 Å². The second kappa shape index (κ2) is 17.1. The Morgan fingerprint density at radius 1 is 0.397 bits per heavy atom. The highest BCUT2D eigenvalue weighted by molar-refractivity contribution is 6.05. The lowest BCUT2D eigenvalue weighted by Gasteiger charge is -2.22. The van der Waals surface area contributed by atoms with Gasteiger partial charge in [0.15, 0.2) is 0 Å². The van der Waals surface area contributed by atoms with Crippen LogP contribution in [0.2, 0.25) is 0 Å². The standard InChI is InChI=1S/C21H20.C15H16.C14H12O.C7H8/c1-13-9-10-17-18(11-13)21(3,4)19-12-14(2)15-7-5-6-8-16(15)20(17)19;1-11-8-9-13(3)15(10-11)14-7-5-4-6-12(14)2;1-2-10-7-8-14-12(9-10)11-5-3-4-6-13(11)15-14;1-7-5-3-2-4-6-7/h5-12H,1-4H3;4-10H,1-3H3;3-9H,2H2,1H3;2-6H,1H3. The van der Waals surface area contributed by atoms with E-state index in [1.807, 2.05) is 30.3 Å². The van der Waals surface area contributed by atoms with Crippen molar-refractivity contribution < 1.29 is 4.42 Å². The molecule has 290 valence electrons. The second-order valence-corrected chi connectivity index (χ2v) is 16.4. The third kappa shape index (κ3) is 8.27. The van der Waals surface area contributed by atoms with Gasteiger partial charge in [-0.2, -0.15) is 0 Å². The molecule has 9 aromatic rings. The van der Waals surface area contributed by atoms with Crippen molar-refractivity contribution in [2.24, 2.45) is 0 Å². The topological polar surface area (TPSA) is 13.1 Å². The van der Waals surface area contributed by atoms with Gasteiger partial charge in [-0.25, -0.2) is 0 Å². The molecule has 0 saturated heterocycles. The van der Waals surface area contributed by atoms with Gasteiger partial charge >= 0.3 is 0 Å². The van der Waals surface area contributed by atoms with Gasteiger partial charge in [0, 0.05) is 16.2 Å². The van der Waals surface area contributed by atoms with Crippen LogP contribution in [0.3, 0.4) is 0 Å². The molecule has 0 bridgehead atoms. The summed E-state index contributed by atoms with van der Waals surface area (Å²) in [4.78, 5) is 0. The van der Waals surface area contributed by atoms with Gasteiger partial charge in [-0.3, -0.25) is 0 Å². The molecule has 0 N–H and O–H groups in total. The number of furan rings is 1. The van der Waals surface area contributed by atoms with Gasteiger partial charge in [0.2, 0.25) is 0 Å². The Hall–Kier alpha value is -6.18. The van der Waals surface area contributed by atoms with Crippen LogP contribution in [0.25, 0.3) is 55.0 Å². The van der Waals surface area contributed by atoms with Crippen molar-refractivity contribution in [3.63, 3.8) is 0 Å². The van der Waals surface area contributed by atoms with E-state index in [1.165, 1.54) is 93.9 Å². The smallest absolute Gasteiger partial charge is 0.135 e. The summed E-state index contributed by atoms with van der Waals surface area (Å²) in [6.45, 7) is 19.8.